The first-order chi connectivity index (χ1) is 12.7. The second kappa shape index (κ2) is 6.80. The maximum Gasteiger partial charge on any atom is 0.173 e. The number of carbonyl (C=O) groups is 1. The zero-order valence-electron chi connectivity index (χ0n) is 14.9. The summed E-state index contributed by atoms with van der Waals surface area (Å²) in [6.45, 7) is 2.60. The van der Waals surface area contributed by atoms with Gasteiger partial charge in [0.25, 0.3) is 0 Å². The predicted molar refractivity (Wildman–Crippen MR) is 104 cm³/mol. The van der Waals surface area contributed by atoms with Crippen molar-refractivity contribution < 1.29 is 9.53 Å². The van der Waals surface area contributed by atoms with Gasteiger partial charge in [0, 0.05) is 5.56 Å². The first-order valence-corrected chi connectivity index (χ1v) is 9.07. The SMILES string of the molecule is CC1(c2ccccc2)CCc2cc(OCc3ccccc3)ccc2C1=O. The molecule has 1 aliphatic carbocycles. The maximum atomic E-state index is 13.2. The van der Waals surface area contributed by atoms with Gasteiger partial charge < -0.3 is 4.74 Å². The molecule has 1 aliphatic rings. The minimum absolute atomic E-state index is 0.208. The number of Topliss-reactive ketones (excluding diaryl/α,β-unsaturated/α-hetero) is 1. The van der Waals surface area contributed by atoms with Gasteiger partial charge in [-0.1, -0.05) is 60.7 Å². The van der Waals surface area contributed by atoms with Crippen molar-refractivity contribution in [1.29, 1.82) is 0 Å². The van der Waals surface area contributed by atoms with Crippen LogP contribution in [0.2, 0.25) is 0 Å². The number of rotatable bonds is 4. The lowest BCUT2D eigenvalue weighted by Gasteiger charge is -2.34. The molecule has 0 aliphatic heterocycles. The van der Waals surface area contributed by atoms with E-state index < -0.39 is 5.41 Å². The van der Waals surface area contributed by atoms with Gasteiger partial charge in [-0.25, -0.2) is 0 Å². The predicted octanol–water partition coefficient (Wildman–Crippen LogP) is 5.35. The summed E-state index contributed by atoms with van der Waals surface area (Å²) in [6.07, 6.45) is 1.71. The van der Waals surface area contributed by atoms with Crippen LogP contribution < -0.4 is 4.74 Å². The Morgan fingerprint density at radius 3 is 2.35 bits per heavy atom. The van der Waals surface area contributed by atoms with E-state index in [-0.39, 0.29) is 5.78 Å². The minimum Gasteiger partial charge on any atom is -0.489 e. The number of ether oxygens (including phenoxy) is 1. The molecule has 0 radical (unpaired) electrons. The second-order valence-corrected chi connectivity index (χ2v) is 7.12. The lowest BCUT2D eigenvalue weighted by molar-refractivity contribution is 0.0875. The number of ketones is 1. The summed E-state index contributed by atoms with van der Waals surface area (Å²) < 4.78 is 5.92. The van der Waals surface area contributed by atoms with Crippen LogP contribution in [0.1, 0.15) is 40.4 Å². The van der Waals surface area contributed by atoms with Gasteiger partial charge in [0.15, 0.2) is 5.78 Å². The monoisotopic (exact) mass is 342 g/mol. The Morgan fingerprint density at radius 1 is 0.923 bits per heavy atom. The number of hydrogen-bond acceptors (Lipinski definition) is 2. The second-order valence-electron chi connectivity index (χ2n) is 7.12. The first-order valence-electron chi connectivity index (χ1n) is 9.07. The van der Waals surface area contributed by atoms with E-state index in [0.29, 0.717) is 6.61 Å². The molecule has 2 heteroatoms. The number of aryl methyl sites for hydroxylation is 1. The zero-order valence-corrected chi connectivity index (χ0v) is 14.9. The molecule has 0 spiro atoms. The normalized spacial score (nSPS) is 19.0. The van der Waals surface area contributed by atoms with E-state index in [2.05, 4.69) is 19.1 Å². The summed E-state index contributed by atoms with van der Waals surface area (Å²) in [5.74, 6) is 1.03. The average molecular weight is 342 g/mol. The molecule has 0 heterocycles. The highest BCUT2D eigenvalue weighted by atomic mass is 16.5. The Hall–Kier alpha value is -2.87. The molecular formula is C24H22O2. The highest BCUT2D eigenvalue weighted by Crippen LogP contribution is 2.39. The molecule has 3 aromatic carbocycles. The van der Waals surface area contributed by atoms with E-state index in [4.69, 9.17) is 4.74 Å². The average Bonchev–Trinajstić information content (AvgIpc) is 2.71. The van der Waals surface area contributed by atoms with Crippen LogP contribution in [0, 0.1) is 0 Å². The number of carbonyl (C=O) groups excluding carboxylic acids is 1. The van der Waals surface area contributed by atoms with Gasteiger partial charge >= 0.3 is 0 Å². The minimum atomic E-state index is -0.444. The fraction of sp³-hybridized carbons (Fsp3) is 0.208. The molecule has 26 heavy (non-hydrogen) atoms. The third kappa shape index (κ3) is 3.03. The third-order valence-electron chi connectivity index (χ3n) is 5.38. The van der Waals surface area contributed by atoms with Crippen molar-refractivity contribution in [2.45, 2.75) is 31.8 Å². The van der Waals surface area contributed by atoms with Crippen molar-refractivity contribution in [2.24, 2.45) is 0 Å². The van der Waals surface area contributed by atoms with Crippen LogP contribution in [0.5, 0.6) is 5.75 Å². The fourth-order valence-corrected chi connectivity index (χ4v) is 3.71. The highest BCUT2D eigenvalue weighted by molar-refractivity contribution is 6.06. The topological polar surface area (TPSA) is 26.3 Å². The van der Waals surface area contributed by atoms with E-state index in [1.54, 1.807) is 0 Å². The molecule has 0 fully saturated rings. The van der Waals surface area contributed by atoms with Crippen molar-refractivity contribution in [1.82, 2.24) is 0 Å². The van der Waals surface area contributed by atoms with Crippen molar-refractivity contribution in [3.05, 3.63) is 101 Å². The fourth-order valence-electron chi connectivity index (χ4n) is 3.71. The van der Waals surface area contributed by atoms with Crippen molar-refractivity contribution in [2.75, 3.05) is 0 Å². The van der Waals surface area contributed by atoms with Crippen LogP contribution in [-0.2, 0) is 18.4 Å². The lowest BCUT2D eigenvalue weighted by atomic mass is 9.68. The Morgan fingerprint density at radius 2 is 1.62 bits per heavy atom. The molecule has 0 amide bonds. The van der Waals surface area contributed by atoms with E-state index in [1.165, 1.54) is 0 Å². The third-order valence-corrected chi connectivity index (χ3v) is 5.38. The molecular weight excluding hydrogens is 320 g/mol. The zero-order chi connectivity index (χ0) is 18.0. The van der Waals surface area contributed by atoms with Crippen LogP contribution in [-0.4, -0.2) is 5.78 Å². The van der Waals surface area contributed by atoms with E-state index in [0.717, 1.165) is 40.8 Å². The Balaban J connectivity index is 1.56. The summed E-state index contributed by atoms with van der Waals surface area (Å²) in [5, 5.41) is 0. The number of fused-ring (bicyclic) bond motifs is 1. The van der Waals surface area contributed by atoms with E-state index >= 15 is 0 Å². The van der Waals surface area contributed by atoms with Gasteiger partial charge in [0.05, 0.1) is 5.41 Å². The summed E-state index contributed by atoms with van der Waals surface area (Å²) in [4.78, 5) is 13.2. The van der Waals surface area contributed by atoms with Crippen LogP contribution in [0.15, 0.2) is 78.9 Å². The molecule has 0 bridgehead atoms. The van der Waals surface area contributed by atoms with Gasteiger partial charge in [0.1, 0.15) is 12.4 Å². The van der Waals surface area contributed by atoms with E-state index in [9.17, 15) is 4.79 Å². The van der Waals surface area contributed by atoms with Gasteiger partial charge in [-0.15, -0.1) is 0 Å². The quantitative estimate of drug-likeness (QED) is 0.638. The van der Waals surface area contributed by atoms with Crippen LogP contribution >= 0.6 is 0 Å². The standard InChI is InChI=1S/C24H22O2/c1-24(20-10-6-3-7-11-20)15-14-19-16-21(12-13-22(19)23(24)25)26-17-18-8-4-2-5-9-18/h2-13,16H,14-15,17H2,1H3. The molecule has 1 unspecified atom stereocenters. The molecule has 2 nitrogen and oxygen atoms in total. The highest BCUT2D eigenvalue weighted by Gasteiger charge is 2.39. The number of benzene rings is 3. The summed E-state index contributed by atoms with van der Waals surface area (Å²) >= 11 is 0. The van der Waals surface area contributed by atoms with Crippen molar-refractivity contribution in [3.8, 4) is 5.75 Å². The molecule has 1 atom stereocenters. The molecule has 3 aromatic rings. The summed E-state index contributed by atoms with van der Waals surface area (Å²) in [7, 11) is 0. The number of hydrogen-bond donors (Lipinski definition) is 0. The molecule has 0 aromatic heterocycles. The molecule has 0 saturated heterocycles. The molecule has 0 N–H and O–H groups in total. The van der Waals surface area contributed by atoms with Crippen molar-refractivity contribution >= 4 is 5.78 Å². The Labute approximate surface area is 154 Å². The Kier molecular flexibility index (Phi) is 4.34. The molecule has 130 valence electrons. The molecule has 0 saturated carbocycles. The maximum absolute atomic E-state index is 13.2. The Bertz CT molecular complexity index is 915. The van der Waals surface area contributed by atoms with Crippen LogP contribution in [0.3, 0.4) is 0 Å². The van der Waals surface area contributed by atoms with Crippen LogP contribution in [0.4, 0.5) is 0 Å². The first kappa shape index (κ1) is 16.6. The largest absolute Gasteiger partial charge is 0.489 e. The smallest absolute Gasteiger partial charge is 0.173 e. The lowest BCUT2D eigenvalue weighted by Crippen LogP contribution is -2.37. The van der Waals surface area contributed by atoms with Crippen molar-refractivity contribution in [3.63, 3.8) is 0 Å². The van der Waals surface area contributed by atoms with Gasteiger partial charge in [0.2, 0.25) is 0 Å². The summed E-state index contributed by atoms with van der Waals surface area (Å²) in [6, 6.07) is 26.1. The van der Waals surface area contributed by atoms with Gasteiger partial charge in [-0.3, -0.25) is 4.79 Å². The summed E-state index contributed by atoms with van der Waals surface area (Å²) in [5.41, 5.74) is 3.71. The van der Waals surface area contributed by atoms with E-state index in [1.807, 2.05) is 66.7 Å². The van der Waals surface area contributed by atoms with Gasteiger partial charge in [-0.2, -0.15) is 0 Å². The van der Waals surface area contributed by atoms with Gasteiger partial charge in [-0.05, 0) is 54.7 Å². The van der Waals surface area contributed by atoms with Crippen LogP contribution in [0.25, 0.3) is 0 Å². The molecule has 4 rings (SSSR count).